The van der Waals surface area contributed by atoms with E-state index >= 15 is 0 Å². The number of nitrogens with zero attached hydrogens (tertiary/aromatic N) is 2. The molecule has 21 heavy (non-hydrogen) atoms. The summed E-state index contributed by atoms with van der Waals surface area (Å²) in [5, 5.41) is 22.3. The molecule has 0 saturated heterocycles. The Morgan fingerprint density at radius 3 is 2.62 bits per heavy atom. The Labute approximate surface area is 133 Å². The third-order valence-corrected chi connectivity index (χ3v) is 3.63. The number of nitrogens with one attached hydrogen (secondary N) is 1. The number of nitro groups is 1. The Morgan fingerprint density at radius 2 is 2.00 bits per heavy atom. The van der Waals surface area contributed by atoms with Gasteiger partial charge >= 0.3 is 0 Å². The normalized spacial score (nSPS) is 9.71. The smallest absolute Gasteiger partial charge is 0.294 e. The summed E-state index contributed by atoms with van der Waals surface area (Å²) in [4.78, 5) is 22.5. The molecule has 7 heteroatoms. The van der Waals surface area contributed by atoms with Crippen LogP contribution in [0, 0.1) is 25.0 Å². The molecule has 6 nitrogen and oxygen atoms in total. The lowest BCUT2D eigenvalue weighted by Crippen LogP contribution is -2.14. The van der Waals surface area contributed by atoms with Gasteiger partial charge in [0.2, 0.25) is 0 Å². The largest absolute Gasteiger partial charge is 0.316 e. The molecule has 0 spiro atoms. The average Bonchev–Trinajstić information content (AvgIpc) is 2.47. The minimum absolute atomic E-state index is 0.0589. The lowest BCUT2D eigenvalue weighted by atomic mass is 10.1. The molecule has 2 aromatic rings. The second-order valence-corrected chi connectivity index (χ2v) is 5.20. The monoisotopic (exact) mass is 393 g/mol. The molecule has 0 unspecified atom stereocenters. The second-order valence-electron chi connectivity index (χ2n) is 4.03. The van der Waals surface area contributed by atoms with E-state index in [1.807, 2.05) is 28.7 Å². The fraction of sp³-hybridized carbons (Fsp3) is 0. The number of rotatable bonds is 3. The molecule has 2 aromatic carbocycles. The average molecular weight is 393 g/mol. The first-order valence-electron chi connectivity index (χ1n) is 5.77. The van der Waals surface area contributed by atoms with Gasteiger partial charge in [-0.1, -0.05) is 12.1 Å². The Balaban J connectivity index is 2.36. The van der Waals surface area contributed by atoms with Gasteiger partial charge in [-0.15, -0.1) is 0 Å². The molecule has 0 aliphatic carbocycles. The number of amides is 1. The summed E-state index contributed by atoms with van der Waals surface area (Å²) in [6.45, 7) is 0. The van der Waals surface area contributed by atoms with Gasteiger partial charge in [0.1, 0.15) is 5.69 Å². The van der Waals surface area contributed by atoms with Crippen molar-refractivity contribution in [2.24, 2.45) is 0 Å². The summed E-state index contributed by atoms with van der Waals surface area (Å²) in [7, 11) is 0. The van der Waals surface area contributed by atoms with Crippen molar-refractivity contribution in [1.29, 1.82) is 5.26 Å². The molecule has 0 fully saturated rings. The van der Waals surface area contributed by atoms with Crippen LogP contribution in [0.5, 0.6) is 0 Å². The molecule has 0 saturated carbocycles. The molecule has 1 amide bonds. The van der Waals surface area contributed by atoms with Crippen molar-refractivity contribution in [2.45, 2.75) is 0 Å². The van der Waals surface area contributed by atoms with Crippen molar-refractivity contribution < 1.29 is 9.72 Å². The Hall–Kier alpha value is -2.47. The summed E-state index contributed by atoms with van der Waals surface area (Å²) in [6.07, 6.45) is 0. The molecule has 0 aliphatic rings. The highest BCUT2D eigenvalue weighted by molar-refractivity contribution is 14.1. The van der Waals surface area contributed by atoms with Crippen LogP contribution in [0.15, 0.2) is 42.5 Å². The van der Waals surface area contributed by atoms with E-state index in [9.17, 15) is 14.9 Å². The Morgan fingerprint density at radius 1 is 1.29 bits per heavy atom. The van der Waals surface area contributed by atoms with Gasteiger partial charge < -0.3 is 5.32 Å². The number of hydrogen-bond donors (Lipinski definition) is 1. The number of benzene rings is 2. The molecular weight excluding hydrogens is 385 g/mol. The minimum atomic E-state index is -0.633. The van der Waals surface area contributed by atoms with Gasteiger partial charge in [-0.25, -0.2) is 0 Å². The van der Waals surface area contributed by atoms with Crippen molar-refractivity contribution in [3.05, 3.63) is 67.3 Å². The lowest BCUT2D eigenvalue weighted by Gasteiger charge is -2.07. The van der Waals surface area contributed by atoms with Crippen LogP contribution in [0.25, 0.3) is 0 Å². The molecule has 0 atom stereocenters. The maximum absolute atomic E-state index is 12.2. The highest BCUT2D eigenvalue weighted by atomic mass is 127. The van der Waals surface area contributed by atoms with E-state index in [-0.39, 0.29) is 16.9 Å². The summed E-state index contributed by atoms with van der Waals surface area (Å²) in [5.74, 6) is -0.437. The summed E-state index contributed by atoms with van der Waals surface area (Å²) in [5.41, 5.74) is 0.336. The summed E-state index contributed by atoms with van der Waals surface area (Å²) >= 11 is 2.01. The van der Waals surface area contributed by atoms with E-state index in [0.717, 1.165) is 9.64 Å². The SMILES string of the molecule is N#Cc1ccc(NC(=O)c2ccccc2I)c([N+](=O)[O-])c1. The Bertz CT molecular complexity index is 768. The van der Waals surface area contributed by atoms with Gasteiger partial charge in [0.05, 0.1) is 22.1 Å². The van der Waals surface area contributed by atoms with Crippen LogP contribution in [0.3, 0.4) is 0 Å². The van der Waals surface area contributed by atoms with Crippen molar-refractivity contribution >= 4 is 39.9 Å². The lowest BCUT2D eigenvalue weighted by molar-refractivity contribution is -0.383. The molecule has 1 N–H and O–H groups in total. The molecule has 0 heterocycles. The topological polar surface area (TPSA) is 96.0 Å². The predicted octanol–water partition coefficient (Wildman–Crippen LogP) is 3.32. The van der Waals surface area contributed by atoms with E-state index in [1.165, 1.54) is 12.1 Å². The van der Waals surface area contributed by atoms with Crippen LogP contribution in [0.1, 0.15) is 15.9 Å². The standard InChI is InChI=1S/C14H8IN3O3/c15-11-4-2-1-3-10(11)14(19)17-12-6-5-9(8-16)7-13(12)18(20)21/h1-7H,(H,17,19). The predicted molar refractivity (Wildman–Crippen MR) is 84.9 cm³/mol. The van der Waals surface area contributed by atoms with Gasteiger partial charge in [-0.3, -0.25) is 14.9 Å². The molecule has 0 aromatic heterocycles. The van der Waals surface area contributed by atoms with Gasteiger partial charge in [-0.2, -0.15) is 5.26 Å². The fourth-order valence-corrected chi connectivity index (χ4v) is 2.33. The molecule has 0 aliphatic heterocycles. The quantitative estimate of drug-likeness (QED) is 0.492. The van der Waals surface area contributed by atoms with Crippen molar-refractivity contribution in [3.63, 3.8) is 0 Å². The number of hydrogen-bond acceptors (Lipinski definition) is 4. The number of carbonyl (C=O) groups is 1. The summed E-state index contributed by atoms with van der Waals surface area (Å²) < 4.78 is 0.740. The zero-order valence-corrected chi connectivity index (χ0v) is 12.7. The third-order valence-electron chi connectivity index (χ3n) is 2.69. The number of anilines is 1. The van der Waals surface area contributed by atoms with Gasteiger partial charge in [0.25, 0.3) is 11.6 Å². The first kappa shape index (κ1) is 14.9. The zero-order chi connectivity index (χ0) is 15.4. The van der Waals surface area contributed by atoms with E-state index in [1.54, 1.807) is 24.3 Å². The van der Waals surface area contributed by atoms with E-state index in [4.69, 9.17) is 5.26 Å². The number of carbonyl (C=O) groups excluding carboxylic acids is 1. The van der Waals surface area contributed by atoms with Crippen LogP contribution >= 0.6 is 22.6 Å². The maximum Gasteiger partial charge on any atom is 0.294 e. The molecular formula is C14H8IN3O3. The van der Waals surface area contributed by atoms with Crippen LogP contribution in [0.2, 0.25) is 0 Å². The molecule has 104 valence electrons. The van der Waals surface area contributed by atoms with Crippen molar-refractivity contribution in [3.8, 4) is 6.07 Å². The maximum atomic E-state index is 12.2. The third kappa shape index (κ3) is 3.35. The van der Waals surface area contributed by atoms with Gasteiger partial charge in [0, 0.05) is 9.64 Å². The second kappa shape index (κ2) is 6.32. The number of halogens is 1. The van der Waals surface area contributed by atoms with Crippen LogP contribution in [-0.2, 0) is 0 Å². The molecule has 2 rings (SSSR count). The molecule has 0 bridgehead atoms. The van der Waals surface area contributed by atoms with E-state index < -0.39 is 10.8 Å². The van der Waals surface area contributed by atoms with Gasteiger partial charge in [-0.05, 0) is 46.9 Å². The zero-order valence-electron chi connectivity index (χ0n) is 10.5. The van der Waals surface area contributed by atoms with E-state index in [2.05, 4.69) is 5.32 Å². The molecule has 0 radical (unpaired) electrons. The van der Waals surface area contributed by atoms with E-state index in [0.29, 0.717) is 5.56 Å². The first-order chi connectivity index (χ1) is 10.0. The number of nitriles is 1. The van der Waals surface area contributed by atoms with Crippen LogP contribution < -0.4 is 5.32 Å². The summed E-state index contributed by atoms with van der Waals surface area (Å²) in [6, 6.07) is 12.6. The minimum Gasteiger partial charge on any atom is -0.316 e. The highest BCUT2D eigenvalue weighted by Crippen LogP contribution is 2.26. The highest BCUT2D eigenvalue weighted by Gasteiger charge is 2.18. The number of nitro benzene ring substituents is 1. The fourth-order valence-electron chi connectivity index (χ4n) is 1.69. The van der Waals surface area contributed by atoms with Crippen LogP contribution in [0.4, 0.5) is 11.4 Å². The first-order valence-corrected chi connectivity index (χ1v) is 6.85. The van der Waals surface area contributed by atoms with Gasteiger partial charge in [0.15, 0.2) is 0 Å². The Kier molecular flexibility index (Phi) is 4.49. The van der Waals surface area contributed by atoms with Crippen molar-refractivity contribution in [1.82, 2.24) is 0 Å². The van der Waals surface area contributed by atoms with Crippen LogP contribution in [-0.4, -0.2) is 10.8 Å². The van der Waals surface area contributed by atoms with Crippen molar-refractivity contribution in [2.75, 3.05) is 5.32 Å².